The first kappa shape index (κ1) is 19.7. The molecule has 1 atom stereocenters. The first-order valence-corrected chi connectivity index (χ1v) is 10.3. The highest BCUT2D eigenvalue weighted by atomic mass is 32.1. The van der Waals surface area contributed by atoms with Gasteiger partial charge >= 0.3 is 6.18 Å². The molecule has 10 heteroatoms. The van der Waals surface area contributed by atoms with Crippen LogP contribution < -0.4 is 11.1 Å². The van der Waals surface area contributed by atoms with Crippen LogP contribution in [0.5, 0.6) is 0 Å². The van der Waals surface area contributed by atoms with E-state index in [9.17, 15) is 13.2 Å². The van der Waals surface area contributed by atoms with E-state index in [0.29, 0.717) is 23.7 Å². The summed E-state index contributed by atoms with van der Waals surface area (Å²) >= 11 is 3.00. The van der Waals surface area contributed by atoms with E-state index in [1.807, 2.05) is 6.07 Å². The predicted molar refractivity (Wildman–Crippen MR) is 110 cm³/mol. The fraction of sp³-hybridized carbons (Fsp3) is 0.211. The Labute approximate surface area is 172 Å². The maximum absolute atomic E-state index is 12.8. The molecule has 3 heterocycles. The SMILES string of the molecule is N[C@@H](CNc1ncc(-c2nc3ccncc3s2)s1)Cc1cccc(C(F)(F)F)c1. The Hall–Kier alpha value is -2.56. The molecule has 4 aromatic rings. The molecule has 29 heavy (non-hydrogen) atoms. The molecular weight excluding hydrogens is 419 g/mol. The van der Waals surface area contributed by atoms with Crippen molar-refractivity contribution in [3.63, 3.8) is 0 Å². The molecule has 5 nitrogen and oxygen atoms in total. The molecule has 0 spiro atoms. The van der Waals surface area contributed by atoms with Gasteiger partial charge in [0, 0.05) is 25.0 Å². The predicted octanol–water partition coefficient (Wildman–Crippen LogP) is 4.82. The lowest BCUT2D eigenvalue weighted by Crippen LogP contribution is -2.31. The number of alkyl halides is 3. The van der Waals surface area contributed by atoms with Gasteiger partial charge in [0.25, 0.3) is 0 Å². The first-order chi connectivity index (χ1) is 13.9. The highest BCUT2D eigenvalue weighted by Crippen LogP contribution is 2.34. The topological polar surface area (TPSA) is 76.7 Å². The van der Waals surface area contributed by atoms with E-state index >= 15 is 0 Å². The molecule has 0 amide bonds. The Bertz CT molecular complexity index is 1090. The molecule has 0 fully saturated rings. The number of nitrogens with two attached hydrogens (primary N) is 1. The summed E-state index contributed by atoms with van der Waals surface area (Å²) in [5.74, 6) is 0. The Morgan fingerprint density at radius 2 is 2.00 bits per heavy atom. The van der Waals surface area contributed by atoms with Crippen LogP contribution in [0.15, 0.2) is 48.9 Å². The number of nitrogens with zero attached hydrogens (tertiary/aromatic N) is 3. The van der Waals surface area contributed by atoms with Crippen molar-refractivity contribution in [2.24, 2.45) is 5.73 Å². The van der Waals surface area contributed by atoms with Crippen LogP contribution in [0.1, 0.15) is 11.1 Å². The largest absolute Gasteiger partial charge is 0.416 e. The van der Waals surface area contributed by atoms with Crippen molar-refractivity contribution in [2.45, 2.75) is 18.6 Å². The number of aromatic nitrogens is 3. The summed E-state index contributed by atoms with van der Waals surface area (Å²) in [5.41, 5.74) is 6.88. The van der Waals surface area contributed by atoms with Gasteiger partial charge in [-0.15, -0.1) is 11.3 Å². The molecule has 0 unspecified atom stereocenters. The molecule has 0 saturated heterocycles. The van der Waals surface area contributed by atoms with Gasteiger partial charge in [-0.25, -0.2) is 9.97 Å². The van der Waals surface area contributed by atoms with Crippen molar-refractivity contribution >= 4 is 38.0 Å². The number of fused-ring (bicyclic) bond motifs is 1. The Morgan fingerprint density at radius 1 is 1.14 bits per heavy atom. The molecule has 0 aliphatic rings. The van der Waals surface area contributed by atoms with E-state index in [2.05, 4.69) is 20.3 Å². The quantitative estimate of drug-likeness (QED) is 0.454. The second-order valence-corrected chi connectivity index (χ2v) is 8.50. The molecule has 0 radical (unpaired) electrons. The molecule has 0 aliphatic heterocycles. The van der Waals surface area contributed by atoms with Crippen molar-refractivity contribution in [1.82, 2.24) is 15.0 Å². The molecule has 3 N–H and O–H groups in total. The lowest BCUT2D eigenvalue weighted by molar-refractivity contribution is -0.137. The van der Waals surface area contributed by atoms with E-state index in [1.54, 1.807) is 36.0 Å². The highest BCUT2D eigenvalue weighted by molar-refractivity contribution is 7.26. The summed E-state index contributed by atoms with van der Waals surface area (Å²) in [6.45, 7) is 0.396. The number of thiazole rings is 2. The number of halogens is 3. The van der Waals surface area contributed by atoms with E-state index in [1.165, 1.54) is 17.4 Å². The monoisotopic (exact) mass is 435 g/mol. The number of pyridine rings is 1. The first-order valence-electron chi connectivity index (χ1n) is 8.71. The summed E-state index contributed by atoms with van der Waals surface area (Å²) in [7, 11) is 0. The van der Waals surface area contributed by atoms with Crippen LogP contribution in [0.3, 0.4) is 0 Å². The van der Waals surface area contributed by atoms with Gasteiger partial charge < -0.3 is 11.1 Å². The summed E-state index contributed by atoms with van der Waals surface area (Å²) in [6.07, 6.45) is 1.21. The second kappa shape index (κ2) is 8.05. The van der Waals surface area contributed by atoms with Gasteiger partial charge in [-0.1, -0.05) is 29.5 Å². The fourth-order valence-corrected chi connectivity index (χ4v) is 4.60. The van der Waals surface area contributed by atoms with Gasteiger partial charge in [0.15, 0.2) is 5.13 Å². The van der Waals surface area contributed by atoms with Gasteiger partial charge in [0.2, 0.25) is 0 Å². The zero-order chi connectivity index (χ0) is 20.4. The normalized spacial score (nSPS) is 13.0. The highest BCUT2D eigenvalue weighted by Gasteiger charge is 2.30. The van der Waals surface area contributed by atoms with Crippen LogP contribution in [0.4, 0.5) is 18.3 Å². The number of benzene rings is 1. The maximum atomic E-state index is 12.8. The minimum atomic E-state index is -4.35. The summed E-state index contributed by atoms with van der Waals surface area (Å²) in [5, 5.41) is 4.72. The molecule has 0 saturated carbocycles. The van der Waals surface area contributed by atoms with Crippen molar-refractivity contribution < 1.29 is 13.2 Å². The van der Waals surface area contributed by atoms with Crippen molar-refractivity contribution in [3.8, 4) is 9.88 Å². The lowest BCUT2D eigenvalue weighted by Gasteiger charge is -2.14. The summed E-state index contributed by atoms with van der Waals surface area (Å²) in [6, 6.07) is 6.77. The van der Waals surface area contributed by atoms with E-state index < -0.39 is 11.7 Å². The fourth-order valence-electron chi connectivity index (χ4n) is 2.81. The van der Waals surface area contributed by atoms with Crippen LogP contribution in [0.2, 0.25) is 0 Å². The van der Waals surface area contributed by atoms with Crippen LogP contribution >= 0.6 is 22.7 Å². The Kier molecular flexibility index (Phi) is 5.48. The lowest BCUT2D eigenvalue weighted by atomic mass is 10.0. The third kappa shape index (κ3) is 4.72. The van der Waals surface area contributed by atoms with Crippen molar-refractivity contribution in [2.75, 3.05) is 11.9 Å². The molecule has 3 aromatic heterocycles. The van der Waals surface area contributed by atoms with Crippen LogP contribution in [0, 0.1) is 0 Å². The molecule has 150 valence electrons. The number of hydrogen-bond acceptors (Lipinski definition) is 7. The number of rotatable bonds is 6. The van der Waals surface area contributed by atoms with Gasteiger partial charge in [-0.2, -0.15) is 13.2 Å². The van der Waals surface area contributed by atoms with Crippen LogP contribution in [-0.2, 0) is 12.6 Å². The molecular formula is C19H16F3N5S2. The number of nitrogens with one attached hydrogen (secondary N) is 1. The second-order valence-electron chi connectivity index (χ2n) is 6.44. The molecule has 0 bridgehead atoms. The van der Waals surface area contributed by atoms with E-state index in [-0.39, 0.29) is 6.04 Å². The standard InChI is InChI=1S/C19H16F3N5S2/c20-19(21,22)12-3-1-2-11(6-12)7-13(23)8-25-18-26-10-16(29-18)17-27-14-4-5-24-9-15(14)28-17/h1-6,9-10,13H,7-8,23H2,(H,25,26)/t13-/m1/s1. The number of hydrogen-bond donors (Lipinski definition) is 2. The van der Waals surface area contributed by atoms with E-state index in [4.69, 9.17) is 5.73 Å². The van der Waals surface area contributed by atoms with Crippen LogP contribution in [0.25, 0.3) is 20.1 Å². The molecule has 1 aromatic carbocycles. The zero-order valence-electron chi connectivity index (χ0n) is 15.0. The smallest absolute Gasteiger partial charge is 0.360 e. The summed E-state index contributed by atoms with van der Waals surface area (Å²) in [4.78, 5) is 13.9. The van der Waals surface area contributed by atoms with Crippen LogP contribution in [-0.4, -0.2) is 27.5 Å². The molecule has 0 aliphatic carbocycles. The van der Waals surface area contributed by atoms with Crippen molar-refractivity contribution in [3.05, 3.63) is 60.0 Å². The zero-order valence-corrected chi connectivity index (χ0v) is 16.6. The minimum Gasteiger partial charge on any atom is -0.360 e. The van der Waals surface area contributed by atoms with Crippen molar-refractivity contribution in [1.29, 1.82) is 0 Å². The van der Waals surface area contributed by atoms with Gasteiger partial charge in [-0.05, 0) is 24.1 Å². The summed E-state index contributed by atoms with van der Waals surface area (Å²) < 4.78 is 39.5. The third-order valence-corrected chi connectivity index (χ3v) is 6.31. The Balaban J connectivity index is 1.37. The maximum Gasteiger partial charge on any atom is 0.416 e. The average molecular weight is 436 g/mol. The van der Waals surface area contributed by atoms with Gasteiger partial charge in [0.1, 0.15) is 5.01 Å². The van der Waals surface area contributed by atoms with E-state index in [0.717, 1.165) is 32.2 Å². The Morgan fingerprint density at radius 3 is 2.79 bits per heavy atom. The van der Waals surface area contributed by atoms with Gasteiger partial charge in [-0.3, -0.25) is 4.98 Å². The third-order valence-electron chi connectivity index (χ3n) is 4.18. The number of anilines is 1. The average Bonchev–Trinajstić information content (AvgIpc) is 3.32. The minimum absolute atomic E-state index is 0.333. The molecule has 4 rings (SSSR count). The van der Waals surface area contributed by atoms with Gasteiger partial charge in [0.05, 0.1) is 26.9 Å².